The summed E-state index contributed by atoms with van der Waals surface area (Å²) in [5.41, 5.74) is 6.62. The van der Waals surface area contributed by atoms with Crippen LogP contribution in [0.25, 0.3) is 28.1 Å². The number of hydrogen-bond donors (Lipinski definition) is 0. The van der Waals surface area contributed by atoms with Crippen molar-refractivity contribution in [2.45, 2.75) is 33.1 Å². The van der Waals surface area contributed by atoms with Crippen molar-refractivity contribution >= 4 is 21.7 Å². The van der Waals surface area contributed by atoms with Gasteiger partial charge in [-0.3, -0.25) is 0 Å². The number of hydrogen-bond acceptors (Lipinski definition) is 2. The third-order valence-corrected chi connectivity index (χ3v) is 5.94. The summed E-state index contributed by atoms with van der Waals surface area (Å²) in [7, 11) is 1.62. The molecule has 3 rings (SSSR count). The summed E-state index contributed by atoms with van der Waals surface area (Å²) >= 11 is 3.66. The summed E-state index contributed by atoms with van der Waals surface area (Å²) in [5.74, 6) is 1.29. The molecule has 2 aromatic carbocycles. The molecule has 3 aromatic rings. The van der Waals surface area contributed by atoms with Gasteiger partial charge in [0.1, 0.15) is 11.5 Å². The molecule has 2 nitrogen and oxygen atoms in total. The van der Waals surface area contributed by atoms with Crippen molar-refractivity contribution < 1.29 is 4.74 Å². The maximum Gasteiger partial charge on any atom is 0.137 e. The SMILES string of the molecule is C=C(OC)c1cccc(-c2ccccc2-c2cc(Br)ccc2CCC(C)CC)n1. The van der Waals surface area contributed by atoms with E-state index in [0.29, 0.717) is 5.76 Å². The van der Waals surface area contributed by atoms with E-state index < -0.39 is 0 Å². The third-order valence-electron chi connectivity index (χ3n) is 5.45. The first-order chi connectivity index (χ1) is 14.0. The molecule has 0 fully saturated rings. The van der Waals surface area contributed by atoms with E-state index in [1.165, 1.54) is 29.5 Å². The van der Waals surface area contributed by atoms with E-state index in [2.05, 4.69) is 78.8 Å². The highest BCUT2D eigenvalue weighted by Gasteiger charge is 2.14. The molecule has 29 heavy (non-hydrogen) atoms. The lowest BCUT2D eigenvalue weighted by atomic mass is 9.90. The lowest BCUT2D eigenvalue weighted by Crippen LogP contribution is -1.99. The number of ether oxygens (including phenoxy) is 1. The maximum atomic E-state index is 5.28. The van der Waals surface area contributed by atoms with Gasteiger partial charge < -0.3 is 4.74 Å². The number of halogens is 1. The molecule has 150 valence electrons. The van der Waals surface area contributed by atoms with Crippen LogP contribution in [0.1, 0.15) is 37.9 Å². The smallest absolute Gasteiger partial charge is 0.137 e. The lowest BCUT2D eigenvalue weighted by molar-refractivity contribution is 0.369. The highest BCUT2D eigenvalue weighted by Crippen LogP contribution is 2.36. The predicted octanol–water partition coefficient (Wildman–Crippen LogP) is 7.77. The summed E-state index contributed by atoms with van der Waals surface area (Å²) in [5, 5.41) is 0. The van der Waals surface area contributed by atoms with Crippen molar-refractivity contribution in [1.29, 1.82) is 0 Å². The topological polar surface area (TPSA) is 22.1 Å². The average Bonchev–Trinajstić information content (AvgIpc) is 2.77. The van der Waals surface area contributed by atoms with E-state index in [1.807, 2.05) is 18.2 Å². The number of rotatable bonds is 8. The Labute approximate surface area is 182 Å². The van der Waals surface area contributed by atoms with Crippen molar-refractivity contribution in [2.24, 2.45) is 5.92 Å². The van der Waals surface area contributed by atoms with E-state index in [1.54, 1.807) is 7.11 Å². The maximum absolute atomic E-state index is 5.28. The van der Waals surface area contributed by atoms with Gasteiger partial charge in [0.15, 0.2) is 0 Å². The van der Waals surface area contributed by atoms with Gasteiger partial charge in [0, 0.05) is 10.0 Å². The summed E-state index contributed by atoms with van der Waals surface area (Å²) in [6.45, 7) is 8.53. The Morgan fingerprint density at radius 2 is 1.79 bits per heavy atom. The Morgan fingerprint density at radius 3 is 2.52 bits per heavy atom. The van der Waals surface area contributed by atoms with Crippen LogP contribution in [0.4, 0.5) is 0 Å². The molecule has 0 aliphatic carbocycles. The number of methoxy groups -OCH3 is 1. The lowest BCUT2D eigenvalue weighted by Gasteiger charge is -2.16. The molecule has 0 aliphatic heterocycles. The zero-order valence-corrected chi connectivity index (χ0v) is 19.0. The van der Waals surface area contributed by atoms with Crippen LogP contribution in [-0.4, -0.2) is 12.1 Å². The number of aryl methyl sites for hydroxylation is 1. The molecule has 1 aromatic heterocycles. The summed E-state index contributed by atoms with van der Waals surface area (Å²) in [6.07, 6.45) is 3.47. The fourth-order valence-electron chi connectivity index (χ4n) is 3.41. The van der Waals surface area contributed by atoms with Gasteiger partial charge in [-0.2, -0.15) is 0 Å². The molecule has 0 spiro atoms. The van der Waals surface area contributed by atoms with E-state index in [9.17, 15) is 0 Å². The Kier molecular flexibility index (Phi) is 7.27. The van der Waals surface area contributed by atoms with Crippen LogP contribution in [0, 0.1) is 5.92 Å². The second kappa shape index (κ2) is 9.89. The monoisotopic (exact) mass is 449 g/mol. The molecule has 0 N–H and O–H groups in total. The molecule has 0 aliphatic rings. The van der Waals surface area contributed by atoms with Crippen molar-refractivity contribution in [1.82, 2.24) is 4.98 Å². The molecule has 1 heterocycles. The normalized spacial score (nSPS) is 11.9. The van der Waals surface area contributed by atoms with Gasteiger partial charge in [-0.1, -0.05) is 79.2 Å². The van der Waals surface area contributed by atoms with Crippen LogP contribution in [0.15, 0.2) is 71.7 Å². The number of benzene rings is 2. The van der Waals surface area contributed by atoms with Crippen LogP contribution in [-0.2, 0) is 11.2 Å². The summed E-state index contributed by atoms with van der Waals surface area (Å²) < 4.78 is 6.37. The van der Waals surface area contributed by atoms with Gasteiger partial charge in [0.05, 0.1) is 12.8 Å². The largest absolute Gasteiger partial charge is 0.495 e. The Morgan fingerprint density at radius 1 is 1.03 bits per heavy atom. The Hall–Kier alpha value is -2.39. The van der Waals surface area contributed by atoms with Gasteiger partial charge >= 0.3 is 0 Å². The first-order valence-electron chi connectivity index (χ1n) is 10.1. The Balaban J connectivity index is 2.08. The summed E-state index contributed by atoms with van der Waals surface area (Å²) in [4.78, 5) is 4.80. The second-order valence-corrected chi connectivity index (χ2v) is 8.35. The van der Waals surface area contributed by atoms with Crippen molar-refractivity contribution in [3.8, 4) is 22.4 Å². The number of aromatic nitrogens is 1. The van der Waals surface area contributed by atoms with Crippen LogP contribution in [0.2, 0.25) is 0 Å². The van der Waals surface area contributed by atoms with E-state index in [4.69, 9.17) is 9.72 Å². The molecule has 1 atom stereocenters. The van der Waals surface area contributed by atoms with Crippen molar-refractivity contribution in [3.05, 3.63) is 83.0 Å². The molecule has 0 saturated carbocycles. The average molecular weight is 450 g/mol. The Bertz CT molecular complexity index is 996. The van der Waals surface area contributed by atoms with Gasteiger partial charge in [0.2, 0.25) is 0 Å². The highest BCUT2D eigenvalue weighted by atomic mass is 79.9. The number of nitrogens with zero attached hydrogens (tertiary/aromatic N) is 1. The molecule has 3 heteroatoms. The molecule has 0 amide bonds. The van der Waals surface area contributed by atoms with Gasteiger partial charge in [-0.05, 0) is 59.7 Å². The minimum Gasteiger partial charge on any atom is -0.495 e. The quantitative estimate of drug-likeness (QED) is 0.327. The van der Waals surface area contributed by atoms with E-state index in [0.717, 1.165) is 33.8 Å². The minimum absolute atomic E-state index is 0.570. The van der Waals surface area contributed by atoms with Crippen LogP contribution >= 0.6 is 15.9 Å². The minimum atomic E-state index is 0.570. The van der Waals surface area contributed by atoms with Gasteiger partial charge in [-0.25, -0.2) is 4.98 Å². The van der Waals surface area contributed by atoms with E-state index >= 15 is 0 Å². The molecular formula is C26H28BrNO. The summed E-state index contributed by atoms with van der Waals surface area (Å²) in [6, 6.07) is 21.1. The standard InChI is InChI=1S/C26H28BrNO/c1-5-18(2)13-14-20-15-16-21(27)17-24(20)22-9-6-7-10-23(22)26-12-8-11-25(28-26)19(3)29-4/h6-12,15-18H,3,5,13-14H2,1-2,4H3. The number of pyridine rings is 1. The van der Waals surface area contributed by atoms with Crippen LogP contribution in [0.3, 0.4) is 0 Å². The fourth-order valence-corrected chi connectivity index (χ4v) is 3.77. The third kappa shape index (κ3) is 5.16. The van der Waals surface area contributed by atoms with Crippen molar-refractivity contribution in [2.75, 3.05) is 7.11 Å². The zero-order chi connectivity index (χ0) is 20.8. The first kappa shape index (κ1) is 21.3. The molecule has 0 bridgehead atoms. The molecule has 1 unspecified atom stereocenters. The van der Waals surface area contributed by atoms with Gasteiger partial charge in [-0.15, -0.1) is 0 Å². The molecule has 0 saturated heterocycles. The second-order valence-electron chi connectivity index (χ2n) is 7.43. The first-order valence-corrected chi connectivity index (χ1v) is 10.9. The van der Waals surface area contributed by atoms with Crippen LogP contribution in [0.5, 0.6) is 0 Å². The van der Waals surface area contributed by atoms with Crippen molar-refractivity contribution in [3.63, 3.8) is 0 Å². The van der Waals surface area contributed by atoms with E-state index in [-0.39, 0.29) is 0 Å². The fraction of sp³-hybridized carbons (Fsp3) is 0.269. The molecular weight excluding hydrogens is 422 g/mol. The van der Waals surface area contributed by atoms with Gasteiger partial charge in [0.25, 0.3) is 0 Å². The van der Waals surface area contributed by atoms with Crippen LogP contribution < -0.4 is 0 Å². The molecule has 0 radical (unpaired) electrons. The zero-order valence-electron chi connectivity index (χ0n) is 17.4. The highest BCUT2D eigenvalue weighted by molar-refractivity contribution is 9.10. The predicted molar refractivity (Wildman–Crippen MR) is 127 cm³/mol.